The van der Waals surface area contributed by atoms with Crippen molar-refractivity contribution in [2.24, 2.45) is 0 Å². The summed E-state index contributed by atoms with van der Waals surface area (Å²) in [6.45, 7) is 14.7. The summed E-state index contributed by atoms with van der Waals surface area (Å²) in [5, 5.41) is 0. The van der Waals surface area contributed by atoms with Gasteiger partial charge in [0.05, 0.1) is 13.2 Å². The smallest absolute Gasteiger partial charge is 0.306 e. The second kappa shape index (κ2) is 21.9. The Morgan fingerprint density at radius 1 is 0.500 bits per heavy atom. The molecule has 0 saturated heterocycles. The predicted molar refractivity (Wildman–Crippen MR) is 147 cm³/mol. The van der Waals surface area contributed by atoms with Crippen LogP contribution in [0.15, 0.2) is 0 Å². The summed E-state index contributed by atoms with van der Waals surface area (Å²) in [5.74, 6) is -0.376. The fourth-order valence-electron chi connectivity index (χ4n) is 4.50. The van der Waals surface area contributed by atoms with Crippen LogP contribution in [-0.4, -0.2) is 49.6 Å². The zero-order valence-electron chi connectivity index (χ0n) is 24.6. The van der Waals surface area contributed by atoms with E-state index >= 15 is 0 Å². The van der Waals surface area contributed by atoms with Gasteiger partial charge >= 0.3 is 11.9 Å². The molecule has 0 bridgehead atoms. The number of ether oxygens (including phenoxy) is 4. The van der Waals surface area contributed by atoms with Gasteiger partial charge in [-0.15, -0.1) is 0 Å². The maximum absolute atomic E-state index is 12.8. The van der Waals surface area contributed by atoms with Gasteiger partial charge in [0, 0.05) is 26.1 Å². The summed E-state index contributed by atoms with van der Waals surface area (Å²) in [5.41, 5.74) is -1.06. The Morgan fingerprint density at radius 3 is 1.06 bits per heavy atom. The van der Waals surface area contributed by atoms with Gasteiger partial charge in [-0.05, 0) is 78.1 Å². The Kier molecular flexibility index (Phi) is 21.2. The molecule has 0 N–H and O–H groups in total. The van der Waals surface area contributed by atoms with Gasteiger partial charge in [0.1, 0.15) is 11.2 Å². The zero-order valence-corrected chi connectivity index (χ0v) is 24.6. The molecule has 0 heterocycles. The Hall–Kier alpha value is -1.14. The fourth-order valence-corrected chi connectivity index (χ4v) is 4.50. The molecule has 0 radical (unpaired) electrons. The standard InChI is InChI=1S/C30H58O6/c1-7-13-21-29(22-14-8-2,25-33-11-5)35-27(31)19-17-18-20-28(32)36-30(23-15-9-3,24-16-10-4)26-34-12-6/h7-26H2,1-6H3. The number of hydrogen-bond acceptors (Lipinski definition) is 6. The molecule has 0 aliphatic carbocycles. The van der Waals surface area contributed by atoms with Crippen LogP contribution in [0.3, 0.4) is 0 Å². The molecule has 0 aliphatic heterocycles. The minimum Gasteiger partial charge on any atom is -0.457 e. The van der Waals surface area contributed by atoms with E-state index in [9.17, 15) is 9.59 Å². The van der Waals surface area contributed by atoms with E-state index in [1.807, 2.05) is 13.8 Å². The largest absolute Gasteiger partial charge is 0.457 e. The van der Waals surface area contributed by atoms with E-state index in [2.05, 4.69) is 27.7 Å². The van der Waals surface area contributed by atoms with Crippen molar-refractivity contribution in [1.29, 1.82) is 0 Å². The summed E-state index contributed by atoms with van der Waals surface area (Å²) >= 11 is 0. The van der Waals surface area contributed by atoms with Crippen LogP contribution in [0.25, 0.3) is 0 Å². The van der Waals surface area contributed by atoms with Gasteiger partial charge in [0.2, 0.25) is 0 Å². The SMILES string of the molecule is CCCCC(CCCC)(COCC)OC(=O)CCCCC(=O)OC(CCCC)(CCCC)COCC. The quantitative estimate of drug-likeness (QED) is 0.0909. The highest BCUT2D eigenvalue weighted by atomic mass is 16.6. The summed E-state index contributed by atoms with van der Waals surface area (Å²) in [6.07, 6.45) is 13.4. The van der Waals surface area contributed by atoms with E-state index < -0.39 is 11.2 Å². The molecular weight excluding hydrogens is 456 g/mol. The maximum atomic E-state index is 12.8. The van der Waals surface area contributed by atoms with Gasteiger partial charge < -0.3 is 18.9 Å². The van der Waals surface area contributed by atoms with Crippen molar-refractivity contribution in [3.05, 3.63) is 0 Å². The van der Waals surface area contributed by atoms with Crippen LogP contribution in [0.2, 0.25) is 0 Å². The van der Waals surface area contributed by atoms with Crippen molar-refractivity contribution in [2.45, 2.75) is 155 Å². The Labute approximate surface area is 222 Å². The van der Waals surface area contributed by atoms with Crippen LogP contribution in [0.4, 0.5) is 0 Å². The molecule has 0 rings (SSSR count). The highest BCUT2D eigenvalue weighted by Crippen LogP contribution is 2.29. The molecule has 214 valence electrons. The van der Waals surface area contributed by atoms with Gasteiger partial charge in [-0.1, -0.05) is 53.4 Å². The first-order chi connectivity index (χ1) is 17.4. The Balaban J connectivity index is 4.88. The lowest BCUT2D eigenvalue weighted by Crippen LogP contribution is -2.40. The average Bonchev–Trinajstić information content (AvgIpc) is 2.88. The molecule has 0 aromatic heterocycles. The van der Waals surface area contributed by atoms with E-state index in [1.165, 1.54) is 0 Å². The van der Waals surface area contributed by atoms with Gasteiger partial charge in [-0.25, -0.2) is 0 Å². The molecule has 0 aromatic rings. The minimum atomic E-state index is -0.532. The summed E-state index contributed by atoms with van der Waals surface area (Å²) < 4.78 is 23.6. The first-order valence-electron chi connectivity index (χ1n) is 15.0. The van der Waals surface area contributed by atoms with Crippen LogP contribution in [0.5, 0.6) is 0 Å². The molecule has 0 atom stereocenters. The third kappa shape index (κ3) is 15.9. The van der Waals surface area contributed by atoms with Crippen molar-refractivity contribution in [1.82, 2.24) is 0 Å². The number of hydrogen-bond donors (Lipinski definition) is 0. The lowest BCUT2D eigenvalue weighted by molar-refractivity contribution is -0.171. The van der Waals surface area contributed by atoms with Crippen LogP contribution in [-0.2, 0) is 28.5 Å². The molecule has 0 spiro atoms. The molecule has 0 aromatic carbocycles. The van der Waals surface area contributed by atoms with Gasteiger partial charge in [0.15, 0.2) is 0 Å². The molecule has 0 aliphatic rings. The number of esters is 2. The molecule has 0 saturated carbocycles. The number of unbranched alkanes of at least 4 members (excludes halogenated alkanes) is 5. The Bertz CT molecular complexity index is 456. The molecule has 6 heteroatoms. The molecule has 36 heavy (non-hydrogen) atoms. The predicted octanol–water partition coefficient (Wildman–Crippen LogP) is 7.94. The Morgan fingerprint density at radius 2 is 0.806 bits per heavy atom. The van der Waals surface area contributed by atoms with Gasteiger partial charge in [-0.2, -0.15) is 0 Å². The van der Waals surface area contributed by atoms with Crippen molar-refractivity contribution in [3.8, 4) is 0 Å². The molecule has 0 amide bonds. The highest BCUT2D eigenvalue weighted by Gasteiger charge is 2.35. The van der Waals surface area contributed by atoms with E-state index in [1.54, 1.807) is 0 Å². The third-order valence-corrected chi connectivity index (χ3v) is 6.75. The van der Waals surface area contributed by atoms with Crippen LogP contribution in [0, 0.1) is 0 Å². The number of rotatable bonds is 25. The lowest BCUT2D eigenvalue weighted by atomic mass is 9.91. The lowest BCUT2D eigenvalue weighted by Gasteiger charge is -2.34. The highest BCUT2D eigenvalue weighted by molar-refractivity contribution is 5.71. The topological polar surface area (TPSA) is 71.1 Å². The van der Waals surface area contributed by atoms with Crippen LogP contribution in [0.1, 0.15) is 144 Å². The van der Waals surface area contributed by atoms with Crippen molar-refractivity contribution < 1.29 is 28.5 Å². The van der Waals surface area contributed by atoms with Crippen LogP contribution < -0.4 is 0 Å². The molecule has 6 nitrogen and oxygen atoms in total. The minimum absolute atomic E-state index is 0.188. The monoisotopic (exact) mass is 514 g/mol. The first-order valence-corrected chi connectivity index (χ1v) is 15.0. The third-order valence-electron chi connectivity index (χ3n) is 6.75. The second-order valence-corrected chi connectivity index (χ2v) is 10.2. The molecule has 0 fully saturated rings. The van der Waals surface area contributed by atoms with Gasteiger partial charge in [-0.3, -0.25) is 9.59 Å². The maximum Gasteiger partial charge on any atom is 0.306 e. The first kappa shape index (κ1) is 34.9. The number of carbonyl (C=O) groups excluding carboxylic acids is 2. The number of carbonyl (C=O) groups is 2. The van der Waals surface area contributed by atoms with Crippen molar-refractivity contribution in [2.75, 3.05) is 26.4 Å². The van der Waals surface area contributed by atoms with Crippen molar-refractivity contribution in [3.63, 3.8) is 0 Å². The summed E-state index contributed by atoms with van der Waals surface area (Å²) in [6, 6.07) is 0. The zero-order chi connectivity index (χ0) is 27.1. The summed E-state index contributed by atoms with van der Waals surface area (Å²) in [7, 11) is 0. The van der Waals surface area contributed by atoms with E-state index in [-0.39, 0.29) is 11.9 Å². The molecule has 0 unspecified atom stereocenters. The van der Waals surface area contributed by atoms with Gasteiger partial charge in [0.25, 0.3) is 0 Å². The molecular formula is C30H58O6. The van der Waals surface area contributed by atoms with Crippen LogP contribution >= 0.6 is 0 Å². The summed E-state index contributed by atoms with van der Waals surface area (Å²) in [4.78, 5) is 25.5. The van der Waals surface area contributed by atoms with Crippen molar-refractivity contribution >= 4 is 11.9 Å². The van der Waals surface area contributed by atoms with E-state index in [4.69, 9.17) is 18.9 Å². The fraction of sp³-hybridized carbons (Fsp3) is 0.933. The van der Waals surface area contributed by atoms with E-state index in [0.717, 1.165) is 77.0 Å². The van der Waals surface area contributed by atoms with E-state index in [0.29, 0.717) is 52.1 Å². The normalized spacial score (nSPS) is 12.1. The average molecular weight is 515 g/mol. The second-order valence-electron chi connectivity index (χ2n) is 10.2.